The average molecular weight is 219 g/mol. The fourth-order valence-corrected chi connectivity index (χ4v) is 0.968. The zero-order chi connectivity index (χ0) is 9.68. The van der Waals surface area contributed by atoms with Crippen molar-refractivity contribution in [2.45, 2.75) is 0 Å². The zero-order valence-corrected chi connectivity index (χ0v) is 8.27. The molecule has 0 aromatic carbocycles. The molecule has 5 heteroatoms. The molecule has 0 aliphatic carbocycles. The number of aromatic nitrogens is 1. The second-order valence-corrected chi connectivity index (χ2v) is 3.12. The summed E-state index contributed by atoms with van der Waals surface area (Å²) in [5.41, 5.74) is 0.342. The normalized spacial score (nSPS) is 9.69. The van der Waals surface area contributed by atoms with E-state index in [-0.39, 0.29) is 5.91 Å². The van der Waals surface area contributed by atoms with Crippen molar-refractivity contribution in [3.63, 3.8) is 0 Å². The fraction of sp³-hybridized carbons (Fsp3) is 0.250. The van der Waals surface area contributed by atoms with Gasteiger partial charge in [-0.1, -0.05) is 11.6 Å². The van der Waals surface area contributed by atoms with E-state index in [9.17, 15) is 4.79 Å². The molecule has 0 fully saturated rings. The van der Waals surface area contributed by atoms with Crippen LogP contribution in [-0.4, -0.2) is 23.3 Å². The summed E-state index contributed by atoms with van der Waals surface area (Å²) in [5.74, 6) is 0.150. The first-order chi connectivity index (χ1) is 6.24. The third kappa shape index (κ3) is 3.20. The Kier molecular flexibility index (Phi) is 3.99. The molecule has 0 radical (unpaired) electrons. The first-order valence-corrected chi connectivity index (χ1v) is 4.61. The summed E-state index contributed by atoms with van der Waals surface area (Å²) in [5, 5.41) is 3.10. The molecule has 0 bridgehead atoms. The van der Waals surface area contributed by atoms with Gasteiger partial charge in [0.25, 0.3) is 5.91 Å². The van der Waals surface area contributed by atoms with Gasteiger partial charge in [0, 0.05) is 18.6 Å². The molecular weight excluding hydrogens is 211 g/mol. The minimum absolute atomic E-state index is 0.239. The SMILES string of the molecule is O=C(NCCCl)c1ccc(Cl)cn1. The highest BCUT2D eigenvalue weighted by Gasteiger charge is 2.04. The van der Waals surface area contributed by atoms with E-state index in [4.69, 9.17) is 23.2 Å². The maximum absolute atomic E-state index is 11.2. The summed E-state index contributed by atoms with van der Waals surface area (Å²) in [6.45, 7) is 0.435. The molecule has 1 aromatic rings. The van der Waals surface area contributed by atoms with E-state index < -0.39 is 0 Å². The summed E-state index contributed by atoms with van der Waals surface area (Å²) in [7, 11) is 0. The Hall–Kier alpha value is -0.800. The number of carbonyl (C=O) groups is 1. The number of pyridine rings is 1. The van der Waals surface area contributed by atoms with E-state index in [0.717, 1.165) is 0 Å². The second-order valence-electron chi connectivity index (χ2n) is 2.31. The lowest BCUT2D eigenvalue weighted by atomic mass is 10.3. The number of amides is 1. The van der Waals surface area contributed by atoms with Crippen molar-refractivity contribution in [3.05, 3.63) is 29.0 Å². The van der Waals surface area contributed by atoms with Crippen molar-refractivity contribution in [2.75, 3.05) is 12.4 Å². The maximum Gasteiger partial charge on any atom is 0.269 e. The first kappa shape index (κ1) is 10.3. The third-order valence-electron chi connectivity index (χ3n) is 1.34. The Morgan fingerprint density at radius 2 is 2.31 bits per heavy atom. The van der Waals surface area contributed by atoms with Crippen LogP contribution in [0.4, 0.5) is 0 Å². The minimum atomic E-state index is -0.239. The number of hydrogen-bond donors (Lipinski definition) is 1. The smallest absolute Gasteiger partial charge is 0.269 e. The molecule has 0 aliphatic heterocycles. The molecule has 0 atom stereocenters. The number of halogens is 2. The molecule has 0 saturated carbocycles. The standard InChI is InChI=1S/C8H8Cl2N2O/c9-3-4-11-8(13)7-2-1-6(10)5-12-7/h1-2,5H,3-4H2,(H,11,13). The van der Waals surface area contributed by atoms with E-state index in [1.54, 1.807) is 12.1 Å². The van der Waals surface area contributed by atoms with Crippen LogP contribution in [0.2, 0.25) is 5.02 Å². The van der Waals surface area contributed by atoms with E-state index >= 15 is 0 Å². The second kappa shape index (κ2) is 5.04. The Morgan fingerprint density at radius 1 is 1.54 bits per heavy atom. The van der Waals surface area contributed by atoms with Crippen LogP contribution in [0.5, 0.6) is 0 Å². The molecule has 3 nitrogen and oxygen atoms in total. The summed E-state index contributed by atoms with van der Waals surface area (Å²) < 4.78 is 0. The van der Waals surface area contributed by atoms with Crippen molar-refractivity contribution in [3.8, 4) is 0 Å². The van der Waals surface area contributed by atoms with Gasteiger partial charge in [-0.3, -0.25) is 4.79 Å². The largest absolute Gasteiger partial charge is 0.350 e. The van der Waals surface area contributed by atoms with Gasteiger partial charge in [0.05, 0.1) is 5.02 Å². The van der Waals surface area contributed by atoms with Crippen LogP contribution in [-0.2, 0) is 0 Å². The predicted molar refractivity (Wildman–Crippen MR) is 52.3 cm³/mol. The number of alkyl halides is 1. The number of carbonyl (C=O) groups excluding carboxylic acids is 1. The molecule has 1 heterocycles. The van der Waals surface area contributed by atoms with Crippen LogP contribution >= 0.6 is 23.2 Å². The van der Waals surface area contributed by atoms with Gasteiger partial charge >= 0.3 is 0 Å². The molecule has 0 unspecified atom stereocenters. The van der Waals surface area contributed by atoms with Gasteiger partial charge in [0.2, 0.25) is 0 Å². The topological polar surface area (TPSA) is 42.0 Å². The molecule has 1 amide bonds. The van der Waals surface area contributed by atoms with Crippen molar-refractivity contribution in [1.29, 1.82) is 0 Å². The third-order valence-corrected chi connectivity index (χ3v) is 1.75. The van der Waals surface area contributed by atoms with Gasteiger partial charge in [0.1, 0.15) is 5.69 Å². The van der Waals surface area contributed by atoms with E-state index in [0.29, 0.717) is 23.1 Å². The summed E-state index contributed by atoms with van der Waals surface area (Å²) in [6.07, 6.45) is 1.43. The zero-order valence-electron chi connectivity index (χ0n) is 6.76. The van der Waals surface area contributed by atoms with Crippen LogP contribution < -0.4 is 5.32 Å². The number of nitrogens with one attached hydrogen (secondary N) is 1. The van der Waals surface area contributed by atoms with Gasteiger partial charge in [-0.05, 0) is 12.1 Å². The van der Waals surface area contributed by atoms with E-state index in [2.05, 4.69) is 10.3 Å². The minimum Gasteiger partial charge on any atom is -0.350 e. The molecule has 70 valence electrons. The van der Waals surface area contributed by atoms with Gasteiger partial charge in [0.15, 0.2) is 0 Å². The van der Waals surface area contributed by atoms with Gasteiger partial charge in [-0.2, -0.15) is 0 Å². The maximum atomic E-state index is 11.2. The number of nitrogens with zero attached hydrogens (tertiary/aromatic N) is 1. The first-order valence-electron chi connectivity index (χ1n) is 3.70. The van der Waals surface area contributed by atoms with Gasteiger partial charge in [-0.25, -0.2) is 4.98 Å². The summed E-state index contributed by atoms with van der Waals surface area (Å²) in [6, 6.07) is 3.18. The monoisotopic (exact) mass is 218 g/mol. The van der Waals surface area contributed by atoms with Crippen LogP contribution in [0.1, 0.15) is 10.5 Å². The molecular formula is C8H8Cl2N2O. The molecule has 1 rings (SSSR count). The predicted octanol–water partition coefficient (Wildman–Crippen LogP) is 1.70. The van der Waals surface area contributed by atoms with Crippen LogP contribution in [0.3, 0.4) is 0 Å². The molecule has 1 aromatic heterocycles. The summed E-state index contributed by atoms with van der Waals surface area (Å²) >= 11 is 11.0. The van der Waals surface area contributed by atoms with Crippen LogP contribution in [0, 0.1) is 0 Å². The quantitative estimate of drug-likeness (QED) is 0.786. The van der Waals surface area contributed by atoms with Crippen molar-refractivity contribution in [1.82, 2.24) is 10.3 Å². The lowest BCUT2D eigenvalue weighted by Gasteiger charge is -2.01. The highest BCUT2D eigenvalue weighted by molar-refractivity contribution is 6.30. The molecule has 0 saturated heterocycles. The van der Waals surface area contributed by atoms with Crippen molar-refractivity contribution < 1.29 is 4.79 Å². The number of hydrogen-bond acceptors (Lipinski definition) is 2. The Balaban J connectivity index is 2.61. The lowest BCUT2D eigenvalue weighted by molar-refractivity contribution is 0.0951. The number of rotatable bonds is 3. The van der Waals surface area contributed by atoms with Crippen LogP contribution in [0.25, 0.3) is 0 Å². The highest BCUT2D eigenvalue weighted by atomic mass is 35.5. The van der Waals surface area contributed by atoms with E-state index in [1.807, 2.05) is 0 Å². The van der Waals surface area contributed by atoms with Gasteiger partial charge < -0.3 is 5.32 Å². The summed E-state index contributed by atoms with van der Waals surface area (Å²) in [4.78, 5) is 15.1. The fourth-order valence-electron chi connectivity index (χ4n) is 0.761. The Labute approximate surface area is 86.1 Å². The molecule has 0 aliphatic rings. The highest BCUT2D eigenvalue weighted by Crippen LogP contribution is 2.05. The Bertz CT molecular complexity index is 287. The molecule has 1 N–H and O–H groups in total. The molecule has 0 spiro atoms. The lowest BCUT2D eigenvalue weighted by Crippen LogP contribution is -2.25. The molecule has 13 heavy (non-hydrogen) atoms. The van der Waals surface area contributed by atoms with Crippen molar-refractivity contribution >= 4 is 29.1 Å². The Morgan fingerprint density at radius 3 is 2.85 bits per heavy atom. The van der Waals surface area contributed by atoms with Gasteiger partial charge in [-0.15, -0.1) is 11.6 Å². The van der Waals surface area contributed by atoms with Crippen molar-refractivity contribution in [2.24, 2.45) is 0 Å². The average Bonchev–Trinajstić information content (AvgIpc) is 2.15. The van der Waals surface area contributed by atoms with Crippen LogP contribution in [0.15, 0.2) is 18.3 Å². The van der Waals surface area contributed by atoms with E-state index in [1.165, 1.54) is 6.20 Å².